The van der Waals surface area contributed by atoms with Crippen molar-refractivity contribution in [2.75, 3.05) is 13.3 Å². The molecule has 0 unspecified atom stereocenters. The smallest absolute Gasteiger partial charge is 0.246 e. The second-order valence-corrected chi connectivity index (χ2v) is 6.95. The standard InChI is InChI=1S/C21H25N3O4/c1-4-11-23-14(3)20(25)24(17(21(23)26)7-6-10-22)16(5-2)15-8-9-18-19(12-15)28-13-27-18/h4,8-9,12,14,16-17H,1,5-7,11,13H2,2-3H3/t14-,16-,17+/m1/s1. The van der Waals surface area contributed by atoms with E-state index in [1.807, 2.05) is 25.1 Å². The van der Waals surface area contributed by atoms with Gasteiger partial charge in [-0.25, -0.2) is 0 Å². The molecule has 0 N–H and O–H groups in total. The Morgan fingerprint density at radius 1 is 1.32 bits per heavy atom. The lowest BCUT2D eigenvalue weighted by Gasteiger charge is -2.47. The van der Waals surface area contributed by atoms with Gasteiger partial charge in [0.1, 0.15) is 12.1 Å². The molecule has 0 bridgehead atoms. The predicted molar refractivity (Wildman–Crippen MR) is 102 cm³/mol. The van der Waals surface area contributed by atoms with Crippen LogP contribution in [0.4, 0.5) is 0 Å². The van der Waals surface area contributed by atoms with Crippen LogP contribution in [0.2, 0.25) is 0 Å². The molecule has 2 heterocycles. The van der Waals surface area contributed by atoms with Crippen molar-refractivity contribution in [3.8, 4) is 17.6 Å². The van der Waals surface area contributed by atoms with Crippen molar-refractivity contribution in [2.45, 2.75) is 51.2 Å². The topological polar surface area (TPSA) is 82.9 Å². The summed E-state index contributed by atoms with van der Waals surface area (Å²) in [6, 6.07) is 6.16. The summed E-state index contributed by atoms with van der Waals surface area (Å²) in [5.74, 6) is 1.06. The normalized spacial score (nSPS) is 22.2. The number of carbonyl (C=O) groups is 2. The zero-order chi connectivity index (χ0) is 20.3. The number of hydrogen-bond acceptors (Lipinski definition) is 5. The number of nitrogens with zero attached hydrogens (tertiary/aromatic N) is 3. The van der Waals surface area contributed by atoms with E-state index in [0.717, 1.165) is 5.56 Å². The highest BCUT2D eigenvalue weighted by Gasteiger charge is 2.46. The summed E-state index contributed by atoms with van der Waals surface area (Å²) in [4.78, 5) is 29.7. The number of fused-ring (bicyclic) bond motifs is 1. The summed E-state index contributed by atoms with van der Waals surface area (Å²) >= 11 is 0. The van der Waals surface area contributed by atoms with Gasteiger partial charge in [0.05, 0.1) is 12.1 Å². The number of hydrogen-bond donors (Lipinski definition) is 0. The van der Waals surface area contributed by atoms with Gasteiger partial charge in [-0.1, -0.05) is 19.1 Å². The molecule has 0 spiro atoms. The lowest BCUT2D eigenvalue weighted by atomic mass is 9.94. The van der Waals surface area contributed by atoms with Crippen molar-refractivity contribution in [1.29, 1.82) is 5.26 Å². The highest BCUT2D eigenvalue weighted by molar-refractivity contribution is 5.97. The molecule has 148 valence electrons. The van der Waals surface area contributed by atoms with E-state index in [1.165, 1.54) is 0 Å². The Morgan fingerprint density at radius 3 is 2.75 bits per heavy atom. The van der Waals surface area contributed by atoms with E-state index in [-0.39, 0.29) is 31.1 Å². The van der Waals surface area contributed by atoms with Gasteiger partial charge in [0.25, 0.3) is 0 Å². The molecular formula is C21H25N3O4. The molecule has 1 saturated heterocycles. The molecule has 7 nitrogen and oxygen atoms in total. The van der Waals surface area contributed by atoms with Crippen LogP contribution in [0, 0.1) is 11.3 Å². The molecule has 0 aliphatic carbocycles. The van der Waals surface area contributed by atoms with Gasteiger partial charge in [-0.3, -0.25) is 9.59 Å². The fourth-order valence-electron chi connectivity index (χ4n) is 3.94. The van der Waals surface area contributed by atoms with Crippen LogP contribution in [0.5, 0.6) is 11.5 Å². The fourth-order valence-corrected chi connectivity index (χ4v) is 3.94. The van der Waals surface area contributed by atoms with Gasteiger partial charge in [-0.2, -0.15) is 5.26 Å². The number of piperazine rings is 1. The number of amides is 2. The molecule has 2 aliphatic heterocycles. The van der Waals surface area contributed by atoms with Gasteiger partial charge in [0.2, 0.25) is 18.6 Å². The SMILES string of the molecule is C=CCN1C(=O)[C@H](CCC#N)N([C@H](CC)c2ccc3c(c2)OCO3)C(=O)[C@H]1C. The third-order valence-corrected chi connectivity index (χ3v) is 5.34. The minimum absolute atomic E-state index is 0.117. The van der Waals surface area contributed by atoms with E-state index in [9.17, 15) is 9.59 Å². The summed E-state index contributed by atoms with van der Waals surface area (Å²) in [5, 5.41) is 9.05. The van der Waals surface area contributed by atoms with Crippen molar-refractivity contribution >= 4 is 11.8 Å². The predicted octanol–water partition coefficient (Wildman–Crippen LogP) is 2.78. The first-order valence-corrected chi connectivity index (χ1v) is 9.53. The molecule has 2 amide bonds. The van der Waals surface area contributed by atoms with Gasteiger partial charge < -0.3 is 19.3 Å². The Kier molecular flexibility index (Phi) is 5.88. The Hall–Kier alpha value is -3.01. The van der Waals surface area contributed by atoms with Crippen LogP contribution in [0.1, 0.15) is 44.7 Å². The van der Waals surface area contributed by atoms with E-state index in [2.05, 4.69) is 12.6 Å². The number of benzene rings is 1. The largest absolute Gasteiger partial charge is 0.454 e. The molecular weight excluding hydrogens is 358 g/mol. The van der Waals surface area contributed by atoms with Crippen LogP contribution in [-0.2, 0) is 9.59 Å². The van der Waals surface area contributed by atoms with Crippen molar-refractivity contribution in [3.05, 3.63) is 36.4 Å². The summed E-state index contributed by atoms with van der Waals surface area (Å²) in [5.41, 5.74) is 0.888. The number of nitriles is 1. The minimum atomic E-state index is -0.668. The molecule has 3 rings (SSSR count). The second kappa shape index (κ2) is 8.34. The van der Waals surface area contributed by atoms with Crippen molar-refractivity contribution in [2.24, 2.45) is 0 Å². The van der Waals surface area contributed by atoms with E-state index < -0.39 is 12.1 Å². The van der Waals surface area contributed by atoms with Gasteiger partial charge in [0.15, 0.2) is 11.5 Å². The molecule has 1 aromatic rings. The van der Waals surface area contributed by atoms with Gasteiger partial charge in [-0.15, -0.1) is 6.58 Å². The first kappa shape index (κ1) is 19.7. The monoisotopic (exact) mass is 383 g/mol. The van der Waals surface area contributed by atoms with E-state index in [1.54, 1.807) is 22.8 Å². The van der Waals surface area contributed by atoms with Crippen molar-refractivity contribution in [3.63, 3.8) is 0 Å². The fraction of sp³-hybridized carbons (Fsp3) is 0.476. The zero-order valence-electron chi connectivity index (χ0n) is 16.3. The first-order chi connectivity index (χ1) is 13.5. The highest BCUT2D eigenvalue weighted by atomic mass is 16.7. The first-order valence-electron chi connectivity index (χ1n) is 9.53. The summed E-state index contributed by atoms with van der Waals surface area (Å²) in [6.07, 6.45) is 2.76. The Labute approximate surface area is 165 Å². The molecule has 28 heavy (non-hydrogen) atoms. The molecule has 2 aliphatic rings. The Bertz CT molecular complexity index is 816. The summed E-state index contributed by atoms with van der Waals surface area (Å²) in [6.45, 7) is 7.90. The number of rotatable bonds is 7. The molecule has 1 fully saturated rings. The molecule has 0 radical (unpaired) electrons. The third-order valence-electron chi connectivity index (χ3n) is 5.34. The highest BCUT2D eigenvalue weighted by Crippen LogP contribution is 2.38. The quantitative estimate of drug-likeness (QED) is 0.676. The Morgan fingerprint density at radius 2 is 2.07 bits per heavy atom. The third kappa shape index (κ3) is 3.42. The van der Waals surface area contributed by atoms with Crippen LogP contribution in [-0.4, -0.2) is 47.0 Å². The average Bonchev–Trinajstić information content (AvgIpc) is 3.17. The van der Waals surface area contributed by atoms with Crippen LogP contribution >= 0.6 is 0 Å². The number of ether oxygens (including phenoxy) is 2. The van der Waals surface area contributed by atoms with Crippen molar-refractivity contribution in [1.82, 2.24) is 9.80 Å². The van der Waals surface area contributed by atoms with E-state index in [4.69, 9.17) is 14.7 Å². The molecule has 7 heteroatoms. The molecule has 3 atom stereocenters. The second-order valence-electron chi connectivity index (χ2n) is 6.95. The van der Waals surface area contributed by atoms with Gasteiger partial charge >= 0.3 is 0 Å². The van der Waals surface area contributed by atoms with Crippen LogP contribution in [0.25, 0.3) is 0 Å². The molecule has 0 saturated carbocycles. The molecule has 1 aromatic carbocycles. The maximum Gasteiger partial charge on any atom is 0.246 e. The molecule has 0 aromatic heterocycles. The summed E-state index contributed by atoms with van der Waals surface area (Å²) in [7, 11) is 0. The van der Waals surface area contributed by atoms with E-state index >= 15 is 0 Å². The maximum atomic E-state index is 13.3. The zero-order valence-corrected chi connectivity index (χ0v) is 16.3. The lowest BCUT2D eigenvalue weighted by Crippen LogP contribution is -2.64. The minimum Gasteiger partial charge on any atom is -0.454 e. The van der Waals surface area contributed by atoms with Crippen LogP contribution < -0.4 is 9.47 Å². The van der Waals surface area contributed by atoms with Gasteiger partial charge in [0, 0.05) is 13.0 Å². The summed E-state index contributed by atoms with van der Waals surface area (Å²) < 4.78 is 10.8. The number of carbonyl (C=O) groups excluding carboxylic acids is 2. The van der Waals surface area contributed by atoms with E-state index in [0.29, 0.717) is 30.9 Å². The maximum absolute atomic E-state index is 13.3. The van der Waals surface area contributed by atoms with Gasteiger partial charge in [-0.05, 0) is 37.5 Å². The van der Waals surface area contributed by atoms with Crippen LogP contribution in [0.3, 0.4) is 0 Å². The lowest BCUT2D eigenvalue weighted by molar-refractivity contribution is -0.163. The Balaban J connectivity index is 1.99. The average molecular weight is 383 g/mol. The van der Waals surface area contributed by atoms with Crippen LogP contribution in [0.15, 0.2) is 30.9 Å². The van der Waals surface area contributed by atoms with Crippen molar-refractivity contribution < 1.29 is 19.1 Å².